The van der Waals surface area contributed by atoms with Gasteiger partial charge in [-0.2, -0.15) is 0 Å². The molecule has 2 aromatic rings. The maximum Gasteiger partial charge on any atom is 0.122 e. The molecule has 1 aliphatic heterocycles. The summed E-state index contributed by atoms with van der Waals surface area (Å²) in [5.74, 6) is 1.04. The Morgan fingerprint density at radius 2 is 2.33 bits per heavy atom. The quantitative estimate of drug-likeness (QED) is 0.915. The van der Waals surface area contributed by atoms with Crippen molar-refractivity contribution in [1.82, 2.24) is 10.3 Å². The van der Waals surface area contributed by atoms with E-state index in [9.17, 15) is 0 Å². The molecule has 2 heterocycles. The summed E-state index contributed by atoms with van der Waals surface area (Å²) in [5, 5.41) is 5.65. The maximum atomic E-state index is 5.75. The van der Waals surface area contributed by atoms with Gasteiger partial charge in [-0.15, -0.1) is 11.3 Å². The first-order valence-electron chi connectivity index (χ1n) is 6.23. The van der Waals surface area contributed by atoms with Crippen molar-refractivity contribution in [2.24, 2.45) is 0 Å². The maximum absolute atomic E-state index is 5.75. The molecule has 0 spiro atoms. The van der Waals surface area contributed by atoms with Crippen molar-refractivity contribution in [2.75, 3.05) is 13.2 Å². The molecular formula is C14H16N2OS. The van der Waals surface area contributed by atoms with Gasteiger partial charge >= 0.3 is 0 Å². The Morgan fingerprint density at radius 3 is 3.22 bits per heavy atom. The van der Waals surface area contributed by atoms with Gasteiger partial charge in [0.05, 0.1) is 11.2 Å². The van der Waals surface area contributed by atoms with Crippen LogP contribution in [0.2, 0.25) is 0 Å². The number of para-hydroxylation sites is 1. The van der Waals surface area contributed by atoms with Crippen molar-refractivity contribution >= 4 is 11.3 Å². The average Bonchev–Trinajstić information content (AvgIpc) is 2.92. The van der Waals surface area contributed by atoms with Crippen LogP contribution in [0.1, 0.15) is 11.3 Å². The second kappa shape index (κ2) is 5.50. The van der Waals surface area contributed by atoms with E-state index in [1.54, 1.807) is 11.3 Å². The van der Waals surface area contributed by atoms with Crippen LogP contribution >= 0.6 is 11.3 Å². The zero-order valence-electron chi connectivity index (χ0n) is 10.1. The lowest BCUT2D eigenvalue weighted by Gasteiger charge is -2.26. The number of hydrogen-bond acceptors (Lipinski definition) is 4. The second-order valence-corrected chi connectivity index (χ2v) is 5.22. The Kier molecular flexibility index (Phi) is 3.57. The molecule has 3 nitrogen and oxygen atoms in total. The van der Waals surface area contributed by atoms with Crippen LogP contribution in [0.4, 0.5) is 0 Å². The first-order chi connectivity index (χ1) is 8.92. The topological polar surface area (TPSA) is 34.2 Å². The van der Waals surface area contributed by atoms with Gasteiger partial charge in [-0.1, -0.05) is 18.2 Å². The SMILES string of the molecule is c1ccc2c(c1)CC(NCCc1cscn1)CO2. The molecule has 1 aromatic carbocycles. The normalized spacial score (nSPS) is 18.1. The molecule has 1 atom stereocenters. The Bertz CT molecular complexity index is 498. The summed E-state index contributed by atoms with van der Waals surface area (Å²) in [6.45, 7) is 1.72. The fourth-order valence-corrected chi connectivity index (χ4v) is 2.82. The Balaban J connectivity index is 1.51. The van der Waals surface area contributed by atoms with E-state index in [1.165, 1.54) is 11.3 Å². The number of hydrogen-bond donors (Lipinski definition) is 1. The van der Waals surface area contributed by atoms with Gasteiger partial charge < -0.3 is 10.1 Å². The largest absolute Gasteiger partial charge is 0.492 e. The number of nitrogens with one attached hydrogen (secondary N) is 1. The lowest BCUT2D eigenvalue weighted by atomic mass is 10.0. The summed E-state index contributed by atoms with van der Waals surface area (Å²) in [5.41, 5.74) is 4.36. The highest BCUT2D eigenvalue weighted by Crippen LogP contribution is 2.23. The fourth-order valence-electron chi connectivity index (χ4n) is 2.22. The first kappa shape index (κ1) is 11.7. The third-order valence-electron chi connectivity index (χ3n) is 3.18. The monoisotopic (exact) mass is 260 g/mol. The van der Waals surface area contributed by atoms with Crippen LogP contribution in [-0.4, -0.2) is 24.2 Å². The van der Waals surface area contributed by atoms with E-state index in [4.69, 9.17) is 4.74 Å². The number of thiazole rings is 1. The van der Waals surface area contributed by atoms with Crippen molar-refractivity contribution in [2.45, 2.75) is 18.9 Å². The number of aromatic nitrogens is 1. The van der Waals surface area contributed by atoms with Gasteiger partial charge in [0.25, 0.3) is 0 Å². The molecule has 4 heteroatoms. The van der Waals surface area contributed by atoms with E-state index in [0.29, 0.717) is 6.04 Å². The average molecular weight is 260 g/mol. The molecule has 1 unspecified atom stereocenters. The molecule has 0 radical (unpaired) electrons. The number of ether oxygens (including phenoxy) is 1. The highest BCUT2D eigenvalue weighted by molar-refractivity contribution is 7.07. The van der Waals surface area contributed by atoms with Crippen molar-refractivity contribution in [3.63, 3.8) is 0 Å². The fraction of sp³-hybridized carbons (Fsp3) is 0.357. The van der Waals surface area contributed by atoms with E-state index < -0.39 is 0 Å². The summed E-state index contributed by atoms with van der Waals surface area (Å²) < 4.78 is 5.75. The molecule has 3 rings (SSSR count). The minimum atomic E-state index is 0.415. The molecule has 0 aliphatic carbocycles. The summed E-state index contributed by atoms with van der Waals surface area (Å²) in [6.07, 6.45) is 2.04. The predicted molar refractivity (Wildman–Crippen MR) is 73.2 cm³/mol. The van der Waals surface area contributed by atoms with Crippen LogP contribution in [0.25, 0.3) is 0 Å². The smallest absolute Gasteiger partial charge is 0.122 e. The Morgan fingerprint density at radius 1 is 1.39 bits per heavy atom. The third-order valence-corrected chi connectivity index (χ3v) is 3.81. The molecular weight excluding hydrogens is 244 g/mol. The molecule has 94 valence electrons. The first-order valence-corrected chi connectivity index (χ1v) is 7.17. The summed E-state index contributed by atoms with van der Waals surface area (Å²) >= 11 is 1.65. The number of nitrogens with zero attached hydrogens (tertiary/aromatic N) is 1. The van der Waals surface area contributed by atoms with E-state index in [-0.39, 0.29) is 0 Å². The summed E-state index contributed by atoms with van der Waals surface area (Å²) in [7, 11) is 0. The number of rotatable bonds is 4. The standard InChI is InChI=1S/C14H16N2OS/c1-2-4-14-11(3-1)7-13(8-17-14)15-6-5-12-9-18-10-16-12/h1-4,9-10,13,15H,5-8H2. The third kappa shape index (κ3) is 2.71. The van der Waals surface area contributed by atoms with Crippen LogP contribution in [0.3, 0.4) is 0 Å². The van der Waals surface area contributed by atoms with Crippen LogP contribution in [0.15, 0.2) is 35.2 Å². The minimum Gasteiger partial charge on any atom is -0.492 e. The molecule has 18 heavy (non-hydrogen) atoms. The van der Waals surface area contributed by atoms with E-state index in [2.05, 4.69) is 27.8 Å². The Hall–Kier alpha value is -1.39. The number of benzene rings is 1. The van der Waals surface area contributed by atoms with Crippen LogP contribution in [0, 0.1) is 0 Å². The molecule has 0 fully saturated rings. The highest BCUT2D eigenvalue weighted by atomic mass is 32.1. The van der Waals surface area contributed by atoms with Gasteiger partial charge in [-0.05, 0) is 18.1 Å². The van der Waals surface area contributed by atoms with Gasteiger partial charge in [0, 0.05) is 24.4 Å². The van der Waals surface area contributed by atoms with Crippen LogP contribution in [-0.2, 0) is 12.8 Å². The van der Waals surface area contributed by atoms with Crippen LogP contribution < -0.4 is 10.1 Å². The molecule has 1 aromatic heterocycles. The Labute approximate surface area is 111 Å². The lowest BCUT2D eigenvalue weighted by molar-refractivity contribution is 0.239. The minimum absolute atomic E-state index is 0.415. The molecule has 0 amide bonds. The van der Waals surface area contributed by atoms with E-state index in [0.717, 1.165) is 31.7 Å². The summed E-state index contributed by atoms with van der Waals surface area (Å²) in [6, 6.07) is 8.69. The van der Waals surface area contributed by atoms with E-state index >= 15 is 0 Å². The molecule has 1 aliphatic rings. The summed E-state index contributed by atoms with van der Waals surface area (Å²) in [4.78, 5) is 4.28. The molecule has 1 N–H and O–H groups in total. The van der Waals surface area contributed by atoms with Crippen molar-refractivity contribution < 1.29 is 4.74 Å². The van der Waals surface area contributed by atoms with Gasteiger partial charge in [-0.25, -0.2) is 4.98 Å². The lowest BCUT2D eigenvalue weighted by Crippen LogP contribution is -2.40. The molecule has 0 saturated carbocycles. The van der Waals surface area contributed by atoms with Crippen molar-refractivity contribution in [3.8, 4) is 5.75 Å². The van der Waals surface area contributed by atoms with Gasteiger partial charge in [-0.3, -0.25) is 0 Å². The van der Waals surface area contributed by atoms with E-state index in [1.807, 2.05) is 17.6 Å². The number of fused-ring (bicyclic) bond motifs is 1. The zero-order valence-corrected chi connectivity index (χ0v) is 11.0. The van der Waals surface area contributed by atoms with Crippen molar-refractivity contribution in [3.05, 3.63) is 46.4 Å². The van der Waals surface area contributed by atoms with Crippen LogP contribution in [0.5, 0.6) is 5.75 Å². The van der Waals surface area contributed by atoms with Gasteiger partial charge in [0.2, 0.25) is 0 Å². The zero-order chi connectivity index (χ0) is 12.2. The molecule has 0 saturated heterocycles. The highest BCUT2D eigenvalue weighted by Gasteiger charge is 2.18. The van der Waals surface area contributed by atoms with Crippen molar-refractivity contribution in [1.29, 1.82) is 0 Å². The predicted octanol–water partition coefficient (Wildman–Crippen LogP) is 2.28. The second-order valence-electron chi connectivity index (χ2n) is 4.50. The van der Waals surface area contributed by atoms with Gasteiger partial charge in [0.15, 0.2) is 0 Å². The molecule has 0 bridgehead atoms. The van der Waals surface area contributed by atoms with Gasteiger partial charge in [0.1, 0.15) is 12.4 Å².